The molecule has 1 aromatic heterocycles. The van der Waals surface area contributed by atoms with Gasteiger partial charge in [0.25, 0.3) is 0 Å². The molecule has 0 unspecified atom stereocenters. The van der Waals surface area contributed by atoms with Crippen molar-refractivity contribution in [1.29, 1.82) is 0 Å². The number of aromatic nitrogens is 2. The lowest BCUT2D eigenvalue weighted by Crippen LogP contribution is -2.53. The number of carbonyl (C=O) groups is 2. The standard InChI is InChI=1S/C18H29N5O4/c1-2-3-15-19-16(27-20-15)4-5-17(24)22-6-8-23(9-7-22)18(25)14-21-10-12-26-13-11-21/h2-14H2,1H3. The number of piperazine rings is 1. The molecular weight excluding hydrogens is 350 g/mol. The van der Waals surface area contributed by atoms with Crippen LogP contribution in [-0.4, -0.2) is 95.7 Å². The number of nitrogens with zero attached hydrogens (tertiary/aromatic N) is 5. The molecule has 9 heteroatoms. The van der Waals surface area contributed by atoms with Crippen LogP contribution in [0.1, 0.15) is 31.5 Å². The molecule has 150 valence electrons. The van der Waals surface area contributed by atoms with Gasteiger partial charge in [-0.1, -0.05) is 12.1 Å². The van der Waals surface area contributed by atoms with Gasteiger partial charge in [0.05, 0.1) is 19.8 Å². The SMILES string of the molecule is CCCc1noc(CCC(=O)N2CCN(C(=O)CN3CCOCC3)CC2)n1. The van der Waals surface area contributed by atoms with Crippen molar-refractivity contribution in [3.8, 4) is 0 Å². The molecule has 0 bridgehead atoms. The summed E-state index contributed by atoms with van der Waals surface area (Å²) in [5, 5.41) is 3.91. The van der Waals surface area contributed by atoms with Crippen molar-refractivity contribution >= 4 is 11.8 Å². The highest BCUT2D eigenvalue weighted by molar-refractivity contribution is 5.79. The first kappa shape index (κ1) is 19.8. The Morgan fingerprint density at radius 2 is 1.63 bits per heavy atom. The van der Waals surface area contributed by atoms with Gasteiger partial charge in [-0.25, -0.2) is 0 Å². The molecule has 0 aromatic carbocycles. The summed E-state index contributed by atoms with van der Waals surface area (Å²) >= 11 is 0. The summed E-state index contributed by atoms with van der Waals surface area (Å²) in [5.41, 5.74) is 0. The van der Waals surface area contributed by atoms with Crippen molar-refractivity contribution in [3.63, 3.8) is 0 Å². The van der Waals surface area contributed by atoms with E-state index in [-0.39, 0.29) is 11.8 Å². The topological polar surface area (TPSA) is 92.0 Å². The molecule has 2 fully saturated rings. The summed E-state index contributed by atoms with van der Waals surface area (Å²) in [4.78, 5) is 34.9. The second kappa shape index (κ2) is 9.80. The third-order valence-corrected chi connectivity index (χ3v) is 4.98. The highest BCUT2D eigenvalue weighted by Gasteiger charge is 2.25. The Morgan fingerprint density at radius 3 is 2.30 bits per heavy atom. The maximum absolute atomic E-state index is 12.4. The van der Waals surface area contributed by atoms with Gasteiger partial charge in [-0.2, -0.15) is 4.98 Å². The van der Waals surface area contributed by atoms with E-state index in [4.69, 9.17) is 9.26 Å². The molecule has 0 spiro atoms. The third-order valence-electron chi connectivity index (χ3n) is 4.98. The summed E-state index contributed by atoms with van der Waals surface area (Å²) in [6.07, 6.45) is 2.57. The van der Waals surface area contributed by atoms with Crippen molar-refractivity contribution < 1.29 is 18.8 Å². The third kappa shape index (κ3) is 5.74. The maximum atomic E-state index is 12.4. The molecule has 0 radical (unpaired) electrons. The van der Waals surface area contributed by atoms with Gasteiger partial charge in [0.1, 0.15) is 0 Å². The van der Waals surface area contributed by atoms with Gasteiger partial charge in [0.15, 0.2) is 5.82 Å². The number of morpholine rings is 1. The molecule has 2 amide bonds. The first-order valence-corrected chi connectivity index (χ1v) is 9.83. The summed E-state index contributed by atoms with van der Waals surface area (Å²) in [6.45, 7) is 7.84. The highest BCUT2D eigenvalue weighted by Crippen LogP contribution is 2.09. The molecule has 1 aromatic rings. The van der Waals surface area contributed by atoms with Crippen LogP contribution in [0.5, 0.6) is 0 Å². The van der Waals surface area contributed by atoms with E-state index in [0.717, 1.165) is 25.9 Å². The normalized spacial score (nSPS) is 18.7. The predicted octanol–water partition coefficient (Wildman–Crippen LogP) is -0.0423. The Morgan fingerprint density at radius 1 is 0.963 bits per heavy atom. The number of hydrogen-bond acceptors (Lipinski definition) is 7. The van der Waals surface area contributed by atoms with Gasteiger partial charge in [-0.15, -0.1) is 0 Å². The molecule has 3 heterocycles. The number of carbonyl (C=O) groups excluding carboxylic acids is 2. The fourth-order valence-corrected chi connectivity index (χ4v) is 3.34. The van der Waals surface area contributed by atoms with E-state index in [0.29, 0.717) is 70.5 Å². The Hall–Kier alpha value is -2.00. The van der Waals surface area contributed by atoms with Crippen LogP contribution in [0.15, 0.2) is 4.52 Å². The molecule has 0 atom stereocenters. The van der Waals surface area contributed by atoms with Crippen LogP contribution < -0.4 is 0 Å². The first-order valence-electron chi connectivity index (χ1n) is 9.83. The number of hydrogen-bond donors (Lipinski definition) is 0. The molecule has 2 aliphatic heterocycles. The Kier molecular flexibility index (Phi) is 7.17. The number of aryl methyl sites for hydroxylation is 2. The van der Waals surface area contributed by atoms with E-state index in [1.807, 2.05) is 9.80 Å². The second-order valence-electron chi connectivity index (χ2n) is 7.00. The first-order chi connectivity index (χ1) is 13.2. The Balaban J connectivity index is 1.37. The number of amides is 2. The maximum Gasteiger partial charge on any atom is 0.236 e. The van der Waals surface area contributed by atoms with Gasteiger partial charge >= 0.3 is 0 Å². The van der Waals surface area contributed by atoms with Crippen LogP contribution in [-0.2, 0) is 27.2 Å². The van der Waals surface area contributed by atoms with Gasteiger partial charge in [-0.05, 0) is 6.42 Å². The molecule has 0 N–H and O–H groups in total. The van der Waals surface area contributed by atoms with Crippen LogP contribution >= 0.6 is 0 Å². The highest BCUT2D eigenvalue weighted by atomic mass is 16.5. The van der Waals surface area contributed by atoms with E-state index in [1.54, 1.807) is 0 Å². The zero-order chi connectivity index (χ0) is 19.1. The lowest BCUT2D eigenvalue weighted by Gasteiger charge is -2.36. The van der Waals surface area contributed by atoms with Gasteiger partial charge in [0, 0.05) is 58.5 Å². The fraction of sp³-hybridized carbons (Fsp3) is 0.778. The molecular formula is C18H29N5O4. The van der Waals surface area contributed by atoms with Crippen LogP contribution in [0.2, 0.25) is 0 Å². The Bertz CT molecular complexity index is 621. The average molecular weight is 379 g/mol. The fourth-order valence-electron chi connectivity index (χ4n) is 3.34. The average Bonchev–Trinajstić information content (AvgIpc) is 3.15. The molecule has 0 saturated carbocycles. The number of rotatable bonds is 7. The van der Waals surface area contributed by atoms with Gasteiger partial charge in [0.2, 0.25) is 17.7 Å². The molecule has 0 aliphatic carbocycles. The zero-order valence-electron chi connectivity index (χ0n) is 16.1. The van der Waals surface area contributed by atoms with Crippen LogP contribution in [0.4, 0.5) is 0 Å². The Labute approximate surface area is 159 Å². The molecule has 2 saturated heterocycles. The quantitative estimate of drug-likeness (QED) is 0.656. The van der Waals surface area contributed by atoms with Crippen molar-refractivity contribution in [2.75, 3.05) is 59.0 Å². The van der Waals surface area contributed by atoms with E-state index < -0.39 is 0 Å². The summed E-state index contributed by atoms with van der Waals surface area (Å²) in [5.74, 6) is 1.43. The van der Waals surface area contributed by atoms with Crippen molar-refractivity contribution in [2.45, 2.75) is 32.6 Å². The van der Waals surface area contributed by atoms with E-state index in [2.05, 4.69) is 22.0 Å². The van der Waals surface area contributed by atoms with Crippen molar-refractivity contribution in [1.82, 2.24) is 24.8 Å². The largest absolute Gasteiger partial charge is 0.379 e. The summed E-state index contributed by atoms with van der Waals surface area (Å²) in [7, 11) is 0. The van der Waals surface area contributed by atoms with Crippen molar-refractivity contribution in [2.24, 2.45) is 0 Å². The lowest BCUT2D eigenvalue weighted by atomic mass is 10.2. The summed E-state index contributed by atoms with van der Waals surface area (Å²) < 4.78 is 10.5. The predicted molar refractivity (Wildman–Crippen MR) is 97.0 cm³/mol. The minimum absolute atomic E-state index is 0.0746. The molecule has 9 nitrogen and oxygen atoms in total. The van der Waals surface area contributed by atoms with Gasteiger partial charge < -0.3 is 19.1 Å². The smallest absolute Gasteiger partial charge is 0.236 e. The molecule has 3 rings (SSSR count). The minimum atomic E-state index is 0.0746. The number of ether oxygens (including phenoxy) is 1. The molecule has 2 aliphatic rings. The van der Waals surface area contributed by atoms with Crippen LogP contribution in [0, 0.1) is 0 Å². The second-order valence-corrected chi connectivity index (χ2v) is 7.00. The van der Waals surface area contributed by atoms with E-state index in [9.17, 15) is 9.59 Å². The zero-order valence-corrected chi connectivity index (χ0v) is 16.1. The molecule has 27 heavy (non-hydrogen) atoms. The van der Waals surface area contributed by atoms with Crippen LogP contribution in [0.25, 0.3) is 0 Å². The lowest BCUT2D eigenvalue weighted by molar-refractivity contribution is -0.140. The van der Waals surface area contributed by atoms with E-state index in [1.165, 1.54) is 0 Å². The van der Waals surface area contributed by atoms with E-state index >= 15 is 0 Å². The monoisotopic (exact) mass is 379 g/mol. The van der Waals surface area contributed by atoms with Crippen molar-refractivity contribution in [3.05, 3.63) is 11.7 Å². The van der Waals surface area contributed by atoms with Gasteiger partial charge in [-0.3, -0.25) is 14.5 Å². The minimum Gasteiger partial charge on any atom is -0.379 e. The van der Waals surface area contributed by atoms with Crippen LogP contribution in [0.3, 0.4) is 0 Å². The summed E-state index contributed by atoms with van der Waals surface area (Å²) in [6, 6.07) is 0.